The normalized spacial score (nSPS) is 11.7. The van der Waals surface area contributed by atoms with E-state index in [4.69, 9.17) is 4.74 Å². The molecular weight excluding hydrogens is 351 g/mol. The number of rotatable bonds is 6. The molecule has 0 aliphatic heterocycles. The molecule has 0 heterocycles. The number of carbonyl (C=O) groups is 1. The zero-order chi connectivity index (χ0) is 16.6. The van der Waals surface area contributed by atoms with Gasteiger partial charge >= 0.3 is 6.09 Å². The minimum atomic E-state index is -0.492. The molecule has 0 bridgehead atoms. The highest BCUT2D eigenvalue weighted by Gasteiger charge is 2.14. The first-order valence-corrected chi connectivity index (χ1v) is 7.84. The zero-order valence-electron chi connectivity index (χ0n) is 13.1. The van der Waals surface area contributed by atoms with Gasteiger partial charge in [-0.15, -0.1) is 0 Å². The van der Waals surface area contributed by atoms with E-state index in [1.807, 2.05) is 32.9 Å². The van der Waals surface area contributed by atoms with Crippen LogP contribution in [0.3, 0.4) is 0 Å². The lowest BCUT2D eigenvalue weighted by atomic mass is 10.2. The molecule has 0 aliphatic rings. The van der Waals surface area contributed by atoms with Crippen molar-refractivity contribution < 1.29 is 13.9 Å². The zero-order valence-corrected chi connectivity index (χ0v) is 14.7. The van der Waals surface area contributed by atoms with Gasteiger partial charge in [0.2, 0.25) is 0 Å². The van der Waals surface area contributed by atoms with E-state index in [0.29, 0.717) is 19.6 Å². The summed E-state index contributed by atoms with van der Waals surface area (Å²) < 4.78 is 19.1. The fourth-order valence-electron chi connectivity index (χ4n) is 1.59. The molecule has 4 nitrogen and oxygen atoms in total. The van der Waals surface area contributed by atoms with Gasteiger partial charge in [0, 0.05) is 24.1 Å². The maximum atomic E-state index is 13.1. The second kappa shape index (κ2) is 8.90. The van der Waals surface area contributed by atoms with E-state index in [-0.39, 0.29) is 5.82 Å². The van der Waals surface area contributed by atoms with Crippen molar-refractivity contribution in [2.75, 3.05) is 13.1 Å². The van der Waals surface area contributed by atoms with Gasteiger partial charge in [-0.05, 0) is 44.5 Å². The molecule has 122 valence electrons. The molecule has 0 fully saturated rings. The fourth-order valence-corrected chi connectivity index (χ4v) is 1.98. The molecule has 0 radical (unpaired) electrons. The highest BCUT2D eigenvalue weighted by atomic mass is 79.9. The fraction of sp³-hybridized carbons (Fsp3) is 0.438. The van der Waals surface area contributed by atoms with Gasteiger partial charge < -0.3 is 15.4 Å². The summed E-state index contributed by atoms with van der Waals surface area (Å²) in [6.45, 7) is 7.03. The number of nitrogens with one attached hydrogen (secondary N) is 2. The largest absolute Gasteiger partial charge is 0.444 e. The Hall–Kier alpha value is -1.40. The van der Waals surface area contributed by atoms with Crippen LogP contribution in [0.4, 0.5) is 9.18 Å². The highest BCUT2D eigenvalue weighted by Crippen LogP contribution is 2.17. The summed E-state index contributed by atoms with van der Waals surface area (Å²) >= 11 is 3.38. The first-order valence-electron chi connectivity index (χ1n) is 7.04. The molecule has 0 aromatic heterocycles. The first-order chi connectivity index (χ1) is 10.3. The lowest BCUT2D eigenvalue weighted by molar-refractivity contribution is 0.0534. The molecule has 0 saturated heterocycles. The van der Waals surface area contributed by atoms with E-state index in [1.54, 1.807) is 6.07 Å². The molecule has 1 aromatic rings. The van der Waals surface area contributed by atoms with Crippen LogP contribution in [-0.4, -0.2) is 24.8 Å². The highest BCUT2D eigenvalue weighted by molar-refractivity contribution is 9.10. The van der Waals surface area contributed by atoms with Crippen LogP contribution in [0.5, 0.6) is 0 Å². The molecular formula is C16H22BrFN2O2. The van der Waals surface area contributed by atoms with E-state index in [9.17, 15) is 9.18 Å². The molecule has 2 N–H and O–H groups in total. The summed E-state index contributed by atoms with van der Waals surface area (Å²) in [5.41, 5.74) is 0.369. The summed E-state index contributed by atoms with van der Waals surface area (Å²) in [6.07, 6.45) is 3.29. The van der Waals surface area contributed by atoms with Gasteiger partial charge in [-0.3, -0.25) is 0 Å². The molecule has 0 spiro atoms. The van der Waals surface area contributed by atoms with Gasteiger partial charge in [-0.1, -0.05) is 28.1 Å². The van der Waals surface area contributed by atoms with Gasteiger partial charge in [-0.25, -0.2) is 9.18 Å². The second-order valence-corrected chi connectivity index (χ2v) is 6.58. The quantitative estimate of drug-likeness (QED) is 0.590. The Morgan fingerprint density at radius 2 is 2.00 bits per heavy atom. The standard InChI is InChI=1S/C16H22BrFN2O2/c1-16(2,3)22-15(21)20-9-5-4-8-19-11-12-10-13(18)6-7-14(12)17/h4-7,10,19H,8-9,11H2,1-3H3,(H,20,21)/b5-4+. The molecule has 0 saturated carbocycles. The van der Waals surface area contributed by atoms with Crippen molar-refractivity contribution in [2.24, 2.45) is 0 Å². The first kappa shape index (κ1) is 18.6. The molecule has 0 unspecified atom stereocenters. The summed E-state index contributed by atoms with van der Waals surface area (Å²) in [5.74, 6) is -0.253. The van der Waals surface area contributed by atoms with Crippen LogP contribution in [0.25, 0.3) is 0 Å². The molecule has 1 rings (SSSR count). The van der Waals surface area contributed by atoms with Gasteiger partial charge in [0.15, 0.2) is 0 Å². The van der Waals surface area contributed by atoms with Crippen molar-refractivity contribution >= 4 is 22.0 Å². The van der Waals surface area contributed by atoms with Crippen molar-refractivity contribution in [3.63, 3.8) is 0 Å². The molecule has 0 atom stereocenters. The van der Waals surface area contributed by atoms with Crippen LogP contribution >= 0.6 is 15.9 Å². The molecule has 1 amide bonds. The summed E-state index contributed by atoms with van der Waals surface area (Å²) in [6, 6.07) is 4.59. The van der Waals surface area contributed by atoms with Crippen molar-refractivity contribution in [1.29, 1.82) is 0 Å². The molecule has 6 heteroatoms. The van der Waals surface area contributed by atoms with E-state index >= 15 is 0 Å². The minimum absolute atomic E-state index is 0.253. The second-order valence-electron chi connectivity index (χ2n) is 5.72. The number of alkyl carbamates (subject to hydrolysis) is 1. The van der Waals surface area contributed by atoms with Gasteiger partial charge in [0.25, 0.3) is 0 Å². The minimum Gasteiger partial charge on any atom is -0.444 e. The van der Waals surface area contributed by atoms with Crippen LogP contribution in [-0.2, 0) is 11.3 Å². The van der Waals surface area contributed by atoms with E-state index in [2.05, 4.69) is 26.6 Å². The monoisotopic (exact) mass is 372 g/mol. The Kier molecular flexibility index (Phi) is 7.55. The van der Waals surface area contributed by atoms with Crippen molar-refractivity contribution in [2.45, 2.75) is 32.9 Å². The number of amides is 1. The molecule has 22 heavy (non-hydrogen) atoms. The predicted molar refractivity (Wildman–Crippen MR) is 89.2 cm³/mol. The SMILES string of the molecule is CC(C)(C)OC(=O)NC/C=C/CNCc1cc(F)ccc1Br. The van der Waals surface area contributed by atoms with Crippen molar-refractivity contribution in [3.05, 3.63) is 46.2 Å². The number of hydrogen-bond acceptors (Lipinski definition) is 3. The smallest absolute Gasteiger partial charge is 0.407 e. The Morgan fingerprint density at radius 3 is 2.68 bits per heavy atom. The van der Waals surface area contributed by atoms with Crippen LogP contribution in [0.2, 0.25) is 0 Å². The summed E-state index contributed by atoms with van der Waals surface area (Å²) in [7, 11) is 0. The average Bonchev–Trinajstić information content (AvgIpc) is 2.39. The maximum Gasteiger partial charge on any atom is 0.407 e. The van der Waals surface area contributed by atoms with Crippen LogP contribution in [0.1, 0.15) is 26.3 Å². The van der Waals surface area contributed by atoms with E-state index < -0.39 is 11.7 Å². The Bertz CT molecular complexity index is 527. The summed E-state index contributed by atoms with van der Waals surface area (Å²) in [5, 5.41) is 5.80. The summed E-state index contributed by atoms with van der Waals surface area (Å²) in [4.78, 5) is 11.4. The van der Waals surface area contributed by atoms with E-state index in [0.717, 1.165) is 10.0 Å². The number of halogens is 2. The number of benzene rings is 1. The van der Waals surface area contributed by atoms with Crippen molar-refractivity contribution in [1.82, 2.24) is 10.6 Å². The van der Waals surface area contributed by atoms with Crippen LogP contribution < -0.4 is 10.6 Å². The van der Waals surface area contributed by atoms with Crippen LogP contribution in [0.15, 0.2) is 34.8 Å². The number of ether oxygens (including phenoxy) is 1. The predicted octanol–water partition coefficient (Wildman–Crippen LogP) is 3.76. The Labute approximate surface area is 139 Å². The van der Waals surface area contributed by atoms with Crippen LogP contribution in [0, 0.1) is 5.82 Å². The van der Waals surface area contributed by atoms with Gasteiger partial charge in [0.05, 0.1) is 0 Å². The number of hydrogen-bond donors (Lipinski definition) is 2. The van der Waals surface area contributed by atoms with Gasteiger partial charge in [0.1, 0.15) is 11.4 Å². The average molecular weight is 373 g/mol. The Morgan fingerprint density at radius 1 is 1.32 bits per heavy atom. The third-order valence-corrected chi connectivity index (χ3v) is 3.29. The third-order valence-electron chi connectivity index (χ3n) is 2.52. The lowest BCUT2D eigenvalue weighted by Gasteiger charge is -2.19. The van der Waals surface area contributed by atoms with Crippen molar-refractivity contribution in [3.8, 4) is 0 Å². The molecule has 0 aliphatic carbocycles. The Balaban J connectivity index is 2.19. The lowest BCUT2D eigenvalue weighted by Crippen LogP contribution is -2.32. The maximum absolute atomic E-state index is 13.1. The molecule has 1 aromatic carbocycles. The van der Waals surface area contributed by atoms with E-state index in [1.165, 1.54) is 12.1 Å². The number of carbonyl (C=O) groups excluding carboxylic acids is 1. The topological polar surface area (TPSA) is 50.4 Å². The third kappa shape index (κ3) is 8.14. The van der Waals surface area contributed by atoms with Gasteiger partial charge in [-0.2, -0.15) is 0 Å².